The van der Waals surface area contributed by atoms with Gasteiger partial charge in [0.05, 0.1) is 4.92 Å². The Kier molecular flexibility index (Phi) is 3.21. The summed E-state index contributed by atoms with van der Waals surface area (Å²) in [6.07, 6.45) is -0.336. The summed E-state index contributed by atoms with van der Waals surface area (Å²) in [6, 6.07) is 5.45. The molecule has 1 heterocycles. The molecule has 1 aliphatic heterocycles. The first kappa shape index (κ1) is 11.7. The highest BCUT2D eigenvalue weighted by atomic mass is 32.2. The molecule has 0 fully saturated rings. The molecule has 0 radical (unpaired) electrons. The predicted molar refractivity (Wildman–Crippen MR) is 65.3 cm³/mol. The second-order valence-corrected chi connectivity index (χ2v) is 4.45. The second kappa shape index (κ2) is 4.64. The number of hydrogen-bond acceptors (Lipinski definition) is 6. The first-order chi connectivity index (χ1) is 8.08. The Morgan fingerprint density at radius 2 is 2.12 bits per heavy atom. The Morgan fingerprint density at radius 1 is 1.47 bits per heavy atom. The molecule has 2 rings (SSSR count). The smallest absolute Gasteiger partial charge is 0.269 e. The van der Waals surface area contributed by atoms with E-state index in [9.17, 15) is 14.9 Å². The molecule has 0 aromatic heterocycles. The van der Waals surface area contributed by atoms with Gasteiger partial charge in [0, 0.05) is 23.4 Å². The number of ketones is 1. The van der Waals surface area contributed by atoms with Crippen LogP contribution in [0.25, 0.3) is 0 Å². The Bertz CT molecular complexity index is 498. The third kappa shape index (κ3) is 2.51. The lowest BCUT2D eigenvalue weighted by Crippen LogP contribution is -2.16. The second-order valence-electron chi connectivity index (χ2n) is 3.45. The minimum Gasteiger partial charge on any atom is -0.309 e. The summed E-state index contributed by atoms with van der Waals surface area (Å²) in [7, 11) is 0. The maximum absolute atomic E-state index is 11.9. The molecule has 2 N–H and O–H groups in total. The highest BCUT2D eigenvalue weighted by Gasteiger charge is 2.22. The number of nitrogens with two attached hydrogens (primary N) is 1. The molecule has 0 saturated carbocycles. The predicted octanol–water partition coefficient (Wildman–Crippen LogP) is 1.21. The number of carbonyl (C=O) groups excluding carboxylic acids is 1. The average Bonchev–Trinajstić information content (AvgIpc) is 2.75. The van der Waals surface area contributed by atoms with Gasteiger partial charge in [0.2, 0.25) is 5.78 Å². The van der Waals surface area contributed by atoms with E-state index < -0.39 is 4.92 Å². The number of aliphatic imine (C=N–C) groups is 1. The molecule has 1 aromatic rings. The Balaban J connectivity index is 2.20. The lowest BCUT2D eigenvalue weighted by atomic mass is 10.1. The molecule has 1 aromatic carbocycles. The van der Waals surface area contributed by atoms with E-state index >= 15 is 0 Å². The molecule has 0 aliphatic carbocycles. The van der Waals surface area contributed by atoms with Crippen molar-refractivity contribution in [2.24, 2.45) is 10.7 Å². The van der Waals surface area contributed by atoms with E-state index in [1.807, 2.05) is 0 Å². The van der Waals surface area contributed by atoms with Crippen molar-refractivity contribution in [1.82, 2.24) is 0 Å². The number of nitrogens with zero attached hydrogens (tertiary/aromatic N) is 2. The lowest BCUT2D eigenvalue weighted by Gasteiger charge is -1.98. The molecule has 0 spiro atoms. The summed E-state index contributed by atoms with van der Waals surface area (Å²) >= 11 is 1.31. The van der Waals surface area contributed by atoms with Gasteiger partial charge in [-0.3, -0.25) is 19.9 Å². The third-order valence-corrected chi connectivity index (χ3v) is 3.28. The van der Waals surface area contributed by atoms with E-state index in [1.54, 1.807) is 0 Å². The summed E-state index contributed by atoms with van der Waals surface area (Å²) in [6.45, 7) is 0. The standard InChI is InChI=1S/C10H9N3O3S/c11-8-5-17-10(12-8)9(14)6-1-3-7(4-2-6)13(15)16/h1-4,8H,5,11H2. The minimum atomic E-state index is -0.508. The molecule has 0 saturated heterocycles. The lowest BCUT2D eigenvalue weighted by molar-refractivity contribution is -0.384. The van der Waals surface area contributed by atoms with Gasteiger partial charge >= 0.3 is 0 Å². The van der Waals surface area contributed by atoms with Gasteiger partial charge in [0.1, 0.15) is 11.2 Å². The number of benzene rings is 1. The van der Waals surface area contributed by atoms with Gasteiger partial charge in [0.15, 0.2) is 0 Å². The van der Waals surface area contributed by atoms with E-state index in [0.717, 1.165) is 0 Å². The average molecular weight is 251 g/mol. The molecule has 1 aliphatic rings. The monoisotopic (exact) mass is 251 g/mol. The van der Waals surface area contributed by atoms with E-state index in [0.29, 0.717) is 16.4 Å². The largest absolute Gasteiger partial charge is 0.309 e. The van der Waals surface area contributed by atoms with Crippen molar-refractivity contribution in [2.45, 2.75) is 6.17 Å². The quantitative estimate of drug-likeness (QED) is 0.494. The molecule has 0 bridgehead atoms. The van der Waals surface area contributed by atoms with Gasteiger partial charge in [-0.05, 0) is 12.1 Å². The number of nitro groups is 1. The zero-order valence-electron chi connectivity index (χ0n) is 8.70. The van der Waals surface area contributed by atoms with Crippen LogP contribution in [0.4, 0.5) is 5.69 Å². The summed E-state index contributed by atoms with van der Waals surface area (Å²) in [4.78, 5) is 25.8. The zero-order chi connectivity index (χ0) is 12.4. The van der Waals surface area contributed by atoms with Crippen molar-refractivity contribution in [3.8, 4) is 0 Å². The fourth-order valence-electron chi connectivity index (χ4n) is 1.37. The van der Waals surface area contributed by atoms with E-state index in [1.165, 1.54) is 36.0 Å². The third-order valence-electron chi connectivity index (χ3n) is 2.21. The van der Waals surface area contributed by atoms with Crippen LogP contribution in [-0.4, -0.2) is 27.7 Å². The number of carbonyl (C=O) groups is 1. The van der Waals surface area contributed by atoms with Crippen LogP contribution in [0.3, 0.4) is 0 Å². The molecule has 0 amide bonds. The number of thioether (sulfide) groups is 1. The van der Waals surface area contributed by atoms with Crippen LogP contribution in [-0.2, 0) is 0 Å². The number of hydrogen-bond donors (Lipinski definition) is 1. The van der Waals surface area contributed by atoms with Crippen LogP contribution >= 0.6 is 11.8 Å². The van der Waals surface area contributed by atoms with Crippen molar-refractivity contribution in [3.05, 3.63) is 39.9 Å². The van der Waals surface area contributed by atoms with Crippen LogP contribution in [0, 0.1) is 10.1 Å². The Labute approximate surface area is 101 Å². The zero-order valence-corrected chi connectivity index (χ0v) is 9.52. The first-order valence-corrected chi connectivity index (χ1v) is 5.82. The van der Waals surface area contributed by atoms with Crippen LogP contribution in [0.5, 0.6) is 0 Å². The normalized spacial score (nSPS) is 18.9. The number of rotatable bonds is 3. The Hall–Kier alpha value is -1.73. The maximum Gasteiger partial charge on any atom is 0.269 e. The van der Waals surface area contributed by atoms with Crippen molar-refractivity contribution >= 4 is 28.3 Å². The Morgan fingerprint density at radius 3 is 2.59 bits per heavy atom. The summed E-state index contributed by atoms with van der Waals surface area (Å²) < 4.78 is 0. The molecular formula is C10H9N3O3S. The van der Waals surface area contributed by atoms with Crippen molar-refractivity contribution in [2.75, 3.05) is 5.75 Å². The van der Waals surface area contributed by atoms with Gasteiger partial charge < -0.3 is 5.73 Å². The van der Waals surface area contributed by atoms with E-state index in [2.05, 4.69) is 4.99 Å². The molecular weight excluding hydrogens is 242 g/mol. The molecule has 1 unspecified atom stereocenters. The van der Waals surface area contributed by atoms with Gasteiger partial charge in [-0.2, -0.15) is 0 Å². The fraction of sp³-hybridized carbons (Fsp3) is 0.200. The summed E-state index contributed by atoms with van der Waals surface area (Å²) in [5.74, 6) is 0.353. The summed E-state index contributed by atoms with van der Waals surface area (Å²) in [5, 5.41) is 10.8. The molecule has 7 heteroatoms. The fourth-order valence-corrected chi connectivity index (χ4v) is 2.23. The summed E-state index contributed by atoms with van der Waals surface area (Å²) in [5.41, 5.74) is 5.90. The van der Waals surface area contributed by atoms with Crippen molar-refractivity contribution in [1.29, 1.82) is 0 Å². The van der Waals surface area contributed by atoms with Crippen LogP contribution in [0.1, 0.15) is 10.4 Å². The molecule has 1 atom stereocenters. The van der Waals surface area contributed by atoms with E-state index in [-0.39, 0.29) is 17.6 Å². The number of Topliss-reactive ketones (excluding diaryl/α,β-unsaturated/α-hetero) is 1. The van der Waals surface area contributed by atoms with Crippen LogP contribution in [0.2, 0.25) is 0 Å². The number of nitro benzene ring substituents is 1. The maximum atomic E-state index is 11.9. The van der Waals surface area contributed by atoms with Gasteiger partial charge in [-0.15, -0.1) is 0 Å². The highest BCUT2D eigenvalue weighted by molar-refractivity contribution is 8.16. The molecule has 6 nitrogen and oxygen atoms in total. The topological polar surface area (TPSA) is 98.6 Å². The van der Waals surface area contributed by atoms with E-state index in [4.69, 9.17) is 5.73 Å². The SMILES string of the molecule is NC1CSC(C(=O)c2ccc([N+](=O)[O-])cc2)=N1. The van der Waals surface area contributed by atoms with Gasteiger partial charge in [-0.1, -0.05) is 11.8 Å². The first-order valence-electron chi connectivity index (χ1n) is 4.83. The molecule has 17 heavy (non-hydrogen) atoms. The van der Waals surface area contributed by atoms with Crippen LogP contribution in [0.15, 0.2) is 29.3 Å². The van der Waals surface area contributed by atoms with Gasteiger partial charge in [0.25, 0.3) is 5.69 Å². The number of non-ortho nitro benzene ring substituents is 1. The highest BCUT2D eigenvalue weighted by Crippen LogP contribution is 2.20. The minimum absolute atomic E-state index is 0.0423. The van der Waals surface area contributed by atoms with Crippen molar-refractivity contribution < 1.29 is 9.72 Å². The van der Waals surface area contributed by atoms with Crippen LogP contribution < -0.4 is 5.73 Å². The van der Waals surface area contributed by atoms with Gasteiger partial charge in [-0.25, -0.2) is 0 Å². The molecule has 88 valence electrons. The van der Waals surface area contributed by atoms with Crippen molar-refractivity contribution in [3.63, 3.8) is 0 Å².